The molecule has 2 aromatic carbocycles. The lowest BCUT2D eigenvalue weighted by atomic mass is 10.2. The number of nitrogens with zero attached hydrogens (tertiary/aromatic N) is 1. The van der Waals surface area contributed by atoms with Crippen LogP contribution in [0.15, 0.2) is 53.4 Å². The number of sulfonamides is 1. The largest absolute Gasteiger partial charge is 0.452 e. The van der Waals surface area contributed by atoms with Crippen LogP contribution in [0.1, 0.15) is 36.0 Å². The highest BCUT2D eigenvalue weighted by atomic mass is 32.2. The normalized spacial score (nSPS) is 15.2. The number of esters is 1. The molecule has 1 saturated heterocycles. The van der Waals surface area contributed by atoms with Crippen LogP contribution in [0.25, 0.3) is 0 Å². The van der Waals surface area contributed by atoms with Crippen molar-refractivity contribution in [2.45, 2.75) is 30.6 Å². The number of anilines is 1. The number of ether oxygens (including phenoxy) is 1. The Bertz CT molecular complexity index is 1000. The zero-order chi connectivity index (χ0) is 21.6. The molecule has 0 radical (unpaired) electrons. The Morgan fingerprint density at radius 3 is 2.23 bits per heavy atom. The van der Waals surface area contributed by atoms with Crippen LogP contribution in [0.2, 0.25) is 0 Å². The third kappa shape index (κ3) is 5.43. The fraction of sp³-hybridized carbons (Fsp3) is 0.333. The van der Waals surface area contributed by atoms with Gasteiger partial charge in [-0.25, -0.2) is 17.6 Å². The number of benzene rings is 2. The van der Waals surface area contributed by atoms with Gasteiger partial charge in [0.1, 0.15) is 5.82 Å². The Kier molecular flexibility index (Phi) is 7.17. The number of rotatable bonds is 6. The quantitative estimate of drug-likeness (QED) is 0.705. The summed E-state index contributed by atoms with van der Waals surface area (Å²) in [4.78, 5) is 24.1. The van der Waals surface area contributed by atoms with Crippen LogP contribution in [0.4, 0.5) is 10.1 Å². The van der Waals surface area contributed by atoms with Gasteiger partial charge in [0.2, 0.25) is 10.0 Å². The molecular formula is C21H23FN2O5S. The fourth-order valence-electron chi connectivity index (χ4n) is 3.16. The smallest absolute Gasteiger partial charge is 0.338 e. The predicted octanol–water partition coefficient (Wildman–Crippen LogP) is 3.19. The first-order valence-electron chi connectivity index (χ1n) is 9.69. The van der Waals surface area contributed by atoms with Gasteiger partial charge in [0.05, 0.1) is 16.1 Å². The first kappa shape index (κ1) is 21.9. The van der Waals surface area contributed by atoms with Crippen LogP contribution in [-0.4, -0.2) is 44.3 Å². The van der Waals surface area contributed by atoms with Gasteiger partial charge in [-0.15, -0.1) is 0 Å². The minimum Gasteiger partial charge on any atom is -0.452 e. The molecule has 7 nitrogen and oxygen atoms in total. The standard InChI is InChI=1S/C21H23FN2O5S/c22-18-7-3-4-8-19(18)23-20(25)15-29-21(26)16-9-11-17(12-10-16)30(27,28)24-13-5-1-2-6-14-24/h3-4,7-12H,1-2,5-6,13-15H2,(H,23,25). The Morgan fingerprint density at radius 1 is 0.967 bits per heavy atom. The van der Waals surface area contributed by atoms with Gasteiger partial charge in [0, 0.05) is 13.1 Å². The summed E-state index contributed by atoms with van der Waals surface area (Å²) in [7, 11) is -3.61. The molecule has 0 unspecified atom stereocenters. The molecule has 160 valence electrons. The van der Waals surface area contributed by atoms with E-state index in [0.29, 0.717) is 13.1 Å². The average Bonchev–Trinajstić information content (AvgIpc) is 3.04. The molecule has 1 amide bonds. The van der Waals surface area contributed by atoms with Crippen LogP contribution < -0.4 is 5.32 Å². The third-order valence-electron chi connectivity index (χ3n) is 4.78. The molecular weight excluding hydrogens is 411 g/mol. The van der Waals surface area contributed by atoms with E-state index in [4.69, 9.17) is 4.74 Å². The summed E-state index contributed by atoms with van der Waals surface area (Å²) in [6.45, 7) is 0.382. The van der Waals surface area contributed by atoms with E-state index in [9.17, 15) is 22.4 Å². The Labute approximate surface area is 174 Å². The van der Waals surface area contributed by atoms with E-state index in [1.165, 1.54) is 46.8 Å². The molecule has 1 aliphatic heterocycles. The summed E-state index contributed by atoms with van der Waals surface area (Å²) in [5.74, 6) is -2.07. The molecule has 3 rings (SSSR count). The average molecular weight is 434 g/mol. The van der Waals surface area contributed by atoms with Gasteiger partial charge in [-0.1, -0.05) is 25.0 Å². The Hall–Kier alpha value is -2.78. The van der Waals surface area contributed by atoms with E-state index in [1.807, 2.05) is 0 Å². The van der Waals surface area contributed by atoms with Crippen molar-refractivity contribution in [2.24, 2.45) is 0 Å². The molecule has 1 N–H and O–H groups in total. The second kappa shape index (κ2) is 9.82. The summed E-state index contributed by atoms with van der Waals surface area (Å²) in [6.07, 6.45) is 3.69. The second-order valence-electron chi connectivity index (χ2n) is 6.95. The highest BCUT2D eigenvalue weighted by molar-refractivity contribution is 7.89. The minimum atomic E-state index is -3.61. The van der Waals surface area contributed by atoms with Crippen molar-refractivity contribution < 1.29 is 27.1 Å². The molecule has 0 saturated carbocycles. The maximum absolute atomic E-state index is 13.5. The third-order valence-corrected chi connectivity index (χ3v) is 6.69. The number of carbonyl (C=O) groups excluding carboxylic acids is 2. The van der Waals surface area contributed by atoms with E-state index in [0.717, 1.165) is 25.7 Å². The molecule has 1 heterocycles. The van der Waals surface area contributed by atoms with Crippen molar-refractivity contribution in [3.8, 4) is 0 Å². The summed E-state index contributed by atoms with van der Waals surface area (Å²) >= 11 is 0. The first-order chi connectivity index (χ1) is 14.4. The molecule has 2 aromatic rings. The Morgan fingerprint density at radius 2 is 1.60 bits per heavy atom. The number of hydrogen-bond acceptors (Lipinski definition) is 5. The predicted molar refractivity (Wildman–Crippen MR) is 109 cm³/mol. The molecule has 0 bridgehead atoms. The summed E-state index contributed by atoms with van der Waals surface area (Å²) in [6, 6.07) is 11.0. The van der Waals surface area contributed by atoms with Gasteiger partial charge in [-0.2, -0.15) is 4.31 Å². The number of carbonyl (C=O) groups is 2. The number of nitrogens with one attached hydrogen (secondary N) is 1. The van der Waals surface area contributed by atoms with E-state index in [2.05, 4.69) is 5.32 Å². The van der Waals surface area contributed by atoms with E-state index < -0.39 is 34.3 Å². The monoisotopic (exact) mass is 434 g/mol. The summed E-state index contributed by atoms with van der Waals surface area (Å²) in [5, 5.41) is 2.31. The lowest BCUT2D eigenvalue weighted by molar-refractivity contribution is -0.119. The van der Waals surface area contributed by atoms with Gasteiger partial charge in [0.25, 0.3) is 5.91 Å². The fourth-order valence-corrected chi connectivity index (χ4v) is 4.67. The van der Waals surface area contributed by atoms with E-state index in [1.54, 1.807) is 6.07 Å². The molecule has 30 heavy (non-hydrogen) atoms. The van der Waals surface area contributed by atoms with Crippen LogP contribution in [0, 0.1) is 5.82 Å². The van der Waals surface area contributed by atoms with Gasteiger partial charge >= 0.3 is 5.97 Å². The van der Waals surface area contributed by atoms with E-state index in [-0.39, 0.29) is 16.1 Å². The number of amides is 1. The van der Waals surface area contributed by atoms with Crippen LogP contribution in [0.3, 0.4) is 0 Å². The minimum absolute atomic E-state index is 0.0124. The summed E-state index contributed by atoms with van der Waals surface area (Å²) < 4.78 is 45.5. The molecule has 0 atom stereocenters. The van der Waals surface area contributed by atoms with Gasteiger partial charge < -0.3 is 10.1 Å². The molecule has 1 fully saturated rings. The number of para-hydroxylation sites is 1. The van der Waals surface area contributed by atoms with Crippen LogP contribution in [0.5, 0.6) is 0 Å². The van der Waals surface area contributed by atoms with Crippen LogP contribution in [-0.2, 0) is 19.6 Å². The highest BCUT2D eigenvalue weighted by Gasteiger charge is 2.25. The van der Waals surface area contributed by atoms with Gasteiger partial charge in [-0.3, -0.25) is 4.79 Å². The van der Waals surface area contributed by atoms with Crippen molar-refractivity contribution in [1.29, 1.82) is 0 Å². The SMILES string of the molecule is O=C(COC(=O)c1ccc(S(=O)(=O)N2CCCCCC2)cc1)Nc1ccccc1F. The summed E-state index contributed by atoms with van der Waals surface area (Å²) in [5.41, 5.74) is 0.102. The molecule has 1 aliphatic rings. The van der Waals surface area contributed by atoms with Gasteiger partial charge in [-0.05, 0) is 49.2 Å². The molecule has 0 aromatic heterocycles. The van der Waals surface area contributed by atoms with Crippen LogP contribution >= 0.6 is 0 Å². The van der Waals surface area contributed by atoms with Crippen molar-refractivity contribution in [2.75, 3.05) is 25.0 Å². The lowest BCUT2D eigenvalue weighted by Gasteiger charge is -2.19. The van der Waals surface area contributed by atoms with Crippen molar-refractivity contribution in [3.05, 3.63) is 59.9 Å². The lowest BCUT2D eigenvalue weighted by Crippen LogP contribution is -2.31. The van der Waals surface area contributed by atoms with Crippen molar-refractivity contribution in [3.63, 3.8) is 0 Å². The Balaban J connectivity index is 1.58. The van der Waals surface area contributed by atoms with E-state index >= 15 is 0 Å². The topological polar surface area (TPSA) is 92.8 Å². The molecule has 9 heteroatoms. The van der Waals surface area contributed by atoms with Crippen molar-refractivity contribution >= 4 is 27.6 Å². The van der Waals surface area contributed by atoms with Gasteiger partial charge in [0.15, 0.2) is 6.61 Å². The number of halogens is 1. The second-order valence-corrected chi connectivity index (χ2v) is 8.88. The maximum Gasteiger partial charge on any atom is 0.338 e. The zero-order valence-electron chi connectivity index (χ0n) is 16.3. The molecule has 0 spiro atoms. The maximum atomic E-state index is 13.5. The zero-order valence-corrected chi connectivity index (χ0v) is 17.2. The first-order valence-corrected chi connectivity index (χ1v) is 11.1. The molecule has 0 aliphatic carbocycles. The van der Waals surface area contributed by atoms with Crippen molar-refractivity contribution in [1.82, 2.24) is 4.31 Å². The highest BCUT2D eigenvalue weighted by Crippen LogP contribution is 2.21. The number of hydrogen-bond donors (Lipinski definition) is 1.